The van der Waals surface area contributed by atoms with Gasteiger partial charge in [0.15, 0.2) is 0 Å². The Kier molecular flexibility index (Phi) is 4.56. The van der Waals surface area contributed by atoms with Crippen molar-refractivity contribution < 1.29 is 17.9 Å². The molecule has 1 amide bonds. The summed E-state index contributed by atoms with van der Waals surface area (Å²) in [5.74, 6) is 0.159. The van der Waals surface area contributed by atoms with Gasteiger partial charge in [0.25, 0.3) is 5.91 Å². The zero-order valence-corrected chi connectivity index (χ0v) is 11.9. The Bertz CT molecular complexity index is 547. The molecule has 1 aliphatic rings. The number of thiophene rings is 1. The zero-order valence-electron chi connectivity index (χ0n) is 10.3. The number of carbonyl (C=O) groups is 1. The highest BCUT2D eigenvalue weighted by molar-refractivity contribution is 7.91. The van der Waals surface area contributed by atoms with Crippen molar-refractivity contribution in [2.45, 2.75) is 17.1 Å². The first kappa shape index (κ1) is 14.4. The molecule has 0 aromatic carbocycles. The number of nitrogens with two attached hydrogens (primary N) is 1. The number of nitrogens with one attached hydrogen (secondary N) is 1. The van der Waals surface area contributed by atoms with Gasteiger partial charge in [-0.25, -0.2) is 13.6 Å². The second kappa shape index (κ2) is 6.00. The van der Waals surface area contributed by atoms with E-state index in [1.165, 1.54) is 11.4 Å². The van der Waals surface area contributed by atoms with Crippen LogP contribution in [0.5, 0.6) is 0 Å². The molecule has 1 aromatic heterocycles. The van der Waals surface area contributed by atoms with Crippen LogP contribution in [0, 0.1) is 5.92 Å². The van der Waals surface area contributed by atoms with Crippen LogP contribution in [0.25, 0.3) is 0 Å². The van der Waals surface area contributed by atoms with Gasteiger partial charge in [0.05, 0.1) is 5.56 Å². The van der Waals surface area contributed by atoms with Gasteiger partial charge < -0.3 is 10.1 Å². The second-order valence-corrected chi connectivity index (χ2v) is 7.16. The molecule has 106 valence electrons. The van der Waals surface area contributed by atoms with E-state index in [1.54, 1.807) is 0 Å². The molecule has 1 fully saturated rings. The molecular formula is C11H16N2O4S2. The first-order valence-electron chi connectivity index (χ1n) is 5.94. The normalized spacial score (nSPS) is 17.3. The largest absolute Gasteiger partial charge is 0.381 e. The van der Waals surface area contributed by atoms with Crippen molar-refractivity contribution in [1.82, 2.24) is 5.32 Å². The molecule has 3 N–H and O–H groups in total. The fraction of sp³-hybridized carbons (Fsp3) is 0.545. The molecule has 1 aromatic rings. The van der Waals surface area contributed by atoms with E-state index in [-0.39, 0.29) is 10.1 Å². The standard InChI is InChI=1S/C11H16N2O4S2/c12-19(15,16)10-5-9(7-18-10)11(14)13-6-8-1-3-17-4-2-8/h5,7-8H,1-4,6H2,(H,13,14)(H2,12,15,16). The number of sulfonamides is 1. The quantitative estimate of drug-likeness (QED) is 0.848. The number of carbonyl (C=O) groups excluding carboxylic acids is 1. The van der Waals surface area contributed by atoms with Crippen molar-refractivity contribution in [1.29, 1.82) is 0 Å². The van der Waals surface area contributed by atoms with Gasteiger partial charge in [-0.3, -0.25) is 4.79 Å². The summed E-state index contributed by atoms with van der Waals surface area (Å²) in [5.41, 5.74) is 0.334. The third-order valence-electron chi connectivity index (χ3n) is 3.01. The summed E-state index contributed by atoms with van der Waals surface area (Å²) in [5, 5.41) is 9.31. The summed E-state index contributed by atoms with van der Waals surface area (Å²) in [7, 11) is -3.73. The van der Waals surface area contributed by atoms with Crippen LogP contribution in [0.2, 0.25) is 0 Å². The maximum atomic E-state index is 11.9. The molecule has 0 atom stereocenters. The van der Waals surface area contributed by atoms with Crippen molar-refractivity contribution in [3.05, 3.63) is 17.0 Å². The number of primary sulfonamides is 1. The smallest absolute Gasteiger partial charge is 0.252 e. The summed E-state index contributed by atoms with van der Waals surface area (Å²) in [4.78, 5) is 11.9. The molecule has 2 heterocycles. The topological polar surface area (TPSA) is 98.5 Å². The Labute approximate surface area is 116 Å². The van der Waals surface area contributed by atoms with Gasteiger partial charge in [-0.2, -0.15) is 0 Å². The maximum Gasteiger partial charge on any atom is 0.252 e. The minimum Gasteiger partial charge on any atom is -0.381 e. The first-order chi connectivity index (χ1) is 8.97. The van der Waals surface area contributed by atoms with E-state index < -0.39 is 10.0 Å². The molecule has 19 heavy (non-hydrogen) atoms. The second-order valence-electron chi connectivity index (χ2n) is 4.47. The van der Waals surface area contributed by atoms with Crippen LogP contribution in [-0.4, -0.2) is 34.1 Å². The monoisotopic (exact) mass is 304 g/mol. The highest BCUT2D eigenvalue weighted by Crippen LogP contribution is 2.19. The molecule has 0 unspecified atom stereocenters. The first-order valence-corrected chi connectivity index (χ1v) is 8.36. The predicted molar refractivity (Wildman–Crippen MR) is 71.6 cm³/mol. The Morgan fingerprint density at radius 1 is 1.47 bits per heavy atom. The van der Waals surface area contributed by atoms with Crippen LogP contribution in [0.4, 0.5) is 0 Å². The molecule has 8 heteroatoms. The van der Waals surface area contributed by atoms with Crippen molar-refractivity contribution >= 4 is 27.3 Å². The lowest BCUT2D eigenvalue weighted by atomic mass is 10.0. The fourth-order valence-electron chi connectivity index (χ4n) is 1.87. The van der Waals surface area contributed by atoms with Gasteiger partial charge in [0, 0.05) is 25.1 Å². The summed E-state index contributed by atoms with van der Waals surface area (Å²) < 4.78 is 27.5. The van der Waals surface area contributed by atoms with Gasteiger partial charge in [-0.1, -0.05) is 0 Å². The van der Waals surface area contributed by atoms with Gasteiger partial charge in [-0.15, -0.1) is 11.3 Å². The summed E-state index contributed by atoms with van der Waals surface area (Å²) in [6.07, 6.45) is 1.87. The number of amides is 1. The van der Waals surface area contributed by atoms with Crippen molar-refractivity contribution in [3.8, 4) is 0 Å². The van der Waals surface area contributed by atoms with E-state index in [2.05, 4.69) is 5.32 Å². The average molecular weight is 304 g/mol. The SMILES string of the molecule is NS(=O)(=O)c1cc(C(=O)NCC2CCOCC2)cs1. The van der Waals surface area contributed by atoms with E-state index in [0.29, 0.717) is 18.0 Å². The van der Waals surface area contributed by atoms with Gasteiger partial charge in [-0.05, 0) is 24.8 Å². The van der Waals surface area contributed by atoms with Gasteiger partial charge in [0.2, 0.25) is 10.0 Å². The molecule has 0 aliphatic carbocycles. The van der Waals surface area contributed by atoms with E-state index >= 15 is 0 Å². The van der Waals surface area contributed by atoms with Crippen LogP contribution in [0.1, 0.15) is 23.2 Å². The van der Waals surface area contributed by atoms with Crippen LogP contribution in [0.15, 0.2) is 15.7 Å². The van der Waals surface area contributed by atoms with E-state index in [0.717, 1.165) is 37.4 Å². The molecule has 0 saturated carbocycles. The molecule has 0 radical (unpaired) electrons. The summed E-state index contributed by atoms with van der Waals surface area (Å²) >= 11 is 0.952. The average Bonchev–Trinajstić information content (AvgIpc) is 2.87. The third kappa shape index (κ3) is 4.00. The number of ether oxygens (including phenoxy) is 1. The highest BCUT2D eigenvalue weighted by atomic mass is 32.2. The Morgan fingerprint density at radius 2 is 2.16 bits per heavy atom. The number of hydrogen-bond donors (Lipinski definition) is 2. The Morgan fingerprint density at radius 3 is 2.74 bits per heavy atom. The fourth-order valence-corrected chi connectivity index (χ4v) is 3.46. The van der Waals surface area contributed by atoms with E-state index in [4.69, 9.17) is 9.88 Å². The van der Waals surface area contributed by atoms with Crippen molar-refractivity contribution in [2.75, 3.05) is 19.8 Å². The van der Waals surface area contributed by atoms with Crippen LogP contribution < -0.4 is 10.5 Å². The van der Waals surface area contributed by atoms with Crippen LogP contribution in [0.3, 0.4) is 0 Å². The third-order valence-corrected chi connectivity index (χ3v) is 5.40. The van der Waals surface area contributed by atoms with E-state index in [9.17, 15) is 13.2 Å². The van der Waals surface area contributed by atoms with Gasteiger partial charge >= 0.3 is 0 Å². The molecule has 6 nitrogen and oxygen atoms in total. The molecule has 2 rings (SSSR count). The minimum absolute atomic E-state index is 0.00344. The maximum absolute atomic E-state index is 11.9. The van der Waals surface area contributed by atoms with Gasteiger partial charge in [0.1, 0.15) is 4.21 Å². The van der Waals surface area contributed by atoms with Crippen LogP contribution >= 0.6 is 11.3 Å². The number of hydrogen-bond acceptors (Lipinski definition) is 5. The van der Waals surface area contributed by atoms with E-state index in [1.807, 2.05) is 0 Å². The summed E-state index contributed by atoms with van der Waals surface area (Å²) in [6.45, 7) is 2.05. The predicted octanol–water partition coefficient (Wildman–Crippen LogP) is 0.552. The lowest BCUT2D eigenvalue weighted by Crippen LogP contribution is -2.31. The molecule has 0 spiro atoms. The number of rotatable bonds is 4. The summed E-state index contributed by atoms with van der Waals surface area (Å²) in [6, 6.07) is 1.30. The zero-order chi connectivity index (χ0) is 13.9. The highest BCUT2D eigenvalue weighted by Gasteiger charge is 2.17. The van der Waals surface area contributed by atoms with Crippen molar-refractivity contribution in [2.24, 2.45) is 11.1 Å². The van der Waals surface area contributed by atoms with Crippen LogP contribution in [-0.2, 0) is 14.8 Å². The molecule has 0 bridgehead atoms. The lowest BCUT2D eigenvalue weighted by Gasteiger charge is -2.21. The van der Waals surface area contributed by atoms with Crippen molar-refractivity contribution in [3.63, 3.8) is 0 Å². The lowest BCUT2D eigenvalue weighted by molar-refractivity contribution is 0.0643. The molecule has 1 saturated heterocycles. The Balaban J connectivity index is 1.91. The molecular weight excluding hydrogens is 288 g/mol. The molecule has 1 aliphatic heterocycles. The minimum atomic E-state index is -3.73. The Hall–Kier alpha value is -0.960.